The van der Waals surface area contributed by atoms with E-state index >= 15 is 0 Å². The monoisotopic (exact) mass is 776 g/mol. The van der Waals surface area contributed by atoms with Crippen LogP contribution >= 0.6 is 24.8 Å². The van der Waals surface area contributed by atoms with E-state index in [-0.39, 0.29) is 51.0 Å². The smallest absolute Gasteiger partial charge is 0.469 e. The summed E-state index contributed by atoms with van der Waals surface area (Å²) < 4.78 is 11.7. The Morgan fingerprint density at radius 1 is 0.392 bits per heavy atom. The largest absolute Gasteiger partial charge is 2.00 e. The molecular formula is C46H32Cl2O2Zr. The van der Waals surface area contributed by atoms with Gasteiger partial charge in [0.15, 0.2) is 0 Å². The molecule has 246 valence electrons. The maximum absolute atomic E-state index is 5.86. The van der Waals surface area contributed by atoms with Crippen LogP contribution in [0.3, 0.4) is 0 Å². The Hall–Kier alpha value is -4.66. The van der Waals surface area contributed by atoms with Gasteiger partial charge in [0, 0.05) is 10.8 Å². The number of fused-ring (bicyclic) bond motifs is 4. The Morgan fingerprint density at radius 3 is 1.20 bits per heavy atom. The van der Waals surface area contributed by atoms with Gasteiger partial charge in [-0.1, -0.05) is 97.1 Å². The van der Waals surface area contributed by atoms with Gasteiger partial charge in [-0.2, -0.15) is 34.7 Å². The van der Waals surface area contributed by atoms with Gasteiger partial charge in [-0.3, -0.25) is 0 Å². The second kappa shape index (κ2) is 14.9. The minimum atomic E-state index is -0.492. The molecule has 2 aliphatic carbocycles. The van der Waals surface area contributed by atoms with Crippen LogP contribution in [-0.4, -0.2) is 0 Å². The summed E-state index contributed by atoms with van der Waals surface area (Å²) >= 11 is 0. The van der Waals surface area contributed by atoms with Gasteiger partial charge in [-0.25, -0.2) is 0 Å². The summed E-state index contributed by atoms with van der Waals surface area (Å²) in [6.45, 7) is 0. The summed E-state index contributed by atoms with van der Waals surface area (Å²) in [7, 11) is 0. The molecule has 0 fully saturated rings. The van der Waals surface area contributed by atoms with Crippen molar-refractivity contribution in [3.05, 3.63) is 214 Å². The van der Waals surface area contributed by atoms with Crippen molar-refractivity contribution >= 4 is 70.7 Å². The summed E-state index contributed by atoms with van der Waals surface area (Å²) in [5.74, 6) is 1.80. The Morgan fingerprint density at radius 2 is 0.784 bits per heavy atom. The average Bonchev–Trinajstić information content (AvgIpc) is 3.97. The van der Waals surface area contributed by atoms with Crippen LogP contribution in [0.1, 0.15) is 22.6 Å². The Bertz CT molecular complexity index is 2430. The topological polar surface area (TPSA) is 26.3 Å². The van der Waals surface area contributed by atoms with Gasteiger partial charge in [-0.05, 0) is 56.9 Å². The van der Waals surface area contributed by atoms with Crippen molar-refractivity contribution in [2.75, 3.05) is 0 Å². The molecule has 0 amide bonds. The Balaban J connectivity index is 0.000000166. The molecule has 51 heavy (non-hydrogen) atoms. The molecule has 0 aliphatic heterocycles. The zero-order valence-corrected chi connectivity index (χ0v) is 31.5. The minimum absolute atomic E-state index is 0. The van der Waals surface area contributed by atoms with Gasteiger partial charge >= 0.3 is 26.2 Å². The van der Waals surface area contributed by atoms with Gasteiger partial charge in [0.25, 0.3) is 0 Å². The van der Waals surface area contributed by atoms with Crippen molar-refractivity contribution in [2.45, 2.75) is 10.8 Å². The van der Waals surface area contributed by atoms with Crippen LogP contribution in [0.2, 0.25) is 0 Å². The van der Waals surface area contributed by atoms with Crippen LogP contribution in [0.15, 0.2) is 179 Å². The van der Waals surface area contributed by atoms with Crippen LogP contribution in [0.25, 0.3) is 45.8 Å². The van der Waals surface area contributed by atoms with Crippen molar-refractivity contribution in [1.82, 2.24) is 0 Å². The average molecular weight is 779 g/mol. The van der Waals surface area contributed by atoms with Gasteiger partial charge in [-0.15, -0.1) is 71.7 Å². The number of halogens is 2. The Kier molecular flexibility index (Phi) is 10.6. The van der Waals surface area contributed by atoms with E-state index < -0.39 is 10.8 Å². The molecule has 5 heteroatoms. The van der Waals surface area contributed by atoms with E-state index in [0.29, 0.717) is 0 Å². The fraction of sp³-hybridized carbons (Fsp3) is 0.0435. The van der Waals surface area contributed by atoms with Crippen molar-refractivity contribution in [2.24, 2.45) is 0 Å². The predicted octanol–water partition coefficient (Wildman–Crippen LogP) is 8.58. The van der Waals surface area contributed by atoms with E-state index in [1.54, 1.807) is 12.5 Å². The molecule has 2 unspecified atom stereocenters. The van der Waals surface area contributed by atoms with Crippen molar-refractivity contribution in [1.29, 1.82) is 0 Å². The number of rotatable bonds is 4. The van der Waals surface area contributed by atoms with E-state index in [9.17, 15) is 0 Å². The second-order valence-electron chi connectivity index (χ2n) is 12.3. The first-order valence-corrected chi connectivity index (χ1v) is 16.2. The van der Waals surface area contributed by atoms with Gasteiger partial charge < -0.3 is 8.83 Å². The molecule has 0 spiro atoms. The van der Waals surface area contributed by atoms with E-state index in [4.69, 9.17) is 8.83 Å². The molecule has 2 atom stereocenters. The zero-order chi connectivity index (χ0) is 32.0. The summed E-state index contributed by atoms with van der Waals surface area (Å²) in [5, 5.41) is 9.56. The van der Waals surface area contributed by atoms with Gasteiger partial charge in [0.05, 0.1) is 12.5 Å². The van der Waals surface area contributed by atoms with Crippen molar-refractivity contribution < 1.29 is 35.0 Å². The molecule has 2 heterocycles. The van der Waals surface area contributed by atoms with Crippen LogP contribution < -0.4 is 20.9 Å². The molecule has 0 saturated heterocycles. The Labute approximate surface area is 328 Å². The molecule has 10 rings (SSSR count). The number of hydrogen-bond acceptors (Lipinski definition) is 2. The van der Waals surface area contributed by atoms with Crippen molar-refractivity contribution in [3.63, 3.8) is 0 Å². The van der Waals surface area contributed by atoms with Gasteiger partial charge in [0.2, 0.25) is 0 Å². The summed E-state index contributed by atoms with van der Waals surface area (Å²) in [5.41, 5.74) is 1.42. The summed E-state index contributed by atoms with van der Waals surface area (Å²) in [6, 6.07) is 54.6. The fourth-order valence-corrected chi connectivity index (χ4v) is 7.40. The molecule has 2 aliphatic rings. The van der Waals surface area contributed by atoms with Crippen LogP contribution in [-0.2, 0) is 37.0 Å². The number of benzene rings is 6. The molecule has 6 aromatic carbocycles. The SMILES string of the molecule is Cl.Cl.[C-]1=c2ccccc2=CC1(c1ccco1)c1cccc2ccccc12.[C-]1=c2ccccc2=CC1(c1ccco1)c1cccc2ccccc12.[Zr+2]. The molecule has 0 N–H and O–H groups in total. The maximum atomic E-state index is 5.86. The van der Waals surface area contributed by atoms with E-state index in [2.05, 4.69) is 158 Å². The summed E-state index contributed by atoms with van der Waals surface area (Å²) in [4.78, 5) is 0. The van der Waals surface area contributed by atoms with E-state index in [0.717, 1.165) is 22.0 Å². The minimum Gasteiger partial charge on any atom is -0.469 e. The summed E-state index contributed by atoms with van der Waals surface area (Å²) in [6.07, 6.45) is 15.4. The quantitative estimate of drug-likeness (QED) is 0.168. The predicted molar refractivity (Wildman–Crippen MR) is 208 cm³/mol. The van der Waals surface area contributed by atoms with Crippen LogP contribution in [0.4, 0.5) is 0 Å². The third-order valence-electron chi connectivity index (χ3n) is 9.58. The fourth-order valence-electron chi connectivity index (χ4n) is 7.40. The van der Waals surface area contributed by atoms with Crippen LogP contribution in [0, 0.1) is 0 Å². The van der Waals surface area contributed by atoms with Gasteiger partial charge in [0.1, 0.15) is 11.5 Å². The van der Waals surface area contributed by atoms with Crippen molar-refractivity contribution in [3.8, 4) is 0 Å². The molecule has 8 aromatic rings. The first-order valence-electron chi connectivity index (χ1n) is 16.2. The standard InChI is InChI=1S/2C23H15O.2ClH.Zr/c2*1-2-9-19-16-23(15-18(19)8-1,22-13-6-14-24-22)21-12-5-10-17-7-3-4-11-20(17)21;;;/h2*1-15H;2*1H;/q2*-1;;;+2. The van der Waals surface area contributed by atoms with E-state index in [1.165, 1.54) is 43.1 Å². The first kappa shape index (κ1) is 36.1. The second-order valence-corrected chi connectivity index (χ2v) is 12.3. The molecule has 0 saturated carbocycles. The molecule has 0 radical (unpaired) electrons. The van der Waals surface area contributed by atoms with E-state index in [1.807, 2.05) is 24.3 Å². The first-order chi connectivity index (χ1) is 23.7. The maximum Gasteiger partial charge on any atom is 2.00 e. The third-order valence-corrected chi connectivity index (χ3v) is 9.58. The zero-order valence-electron chi connectivity index (χ0n) is 27.5. The van der Waals surface area contributed by atoms with Crippen LogP contribution in [0.5, 0.6) is 0 Å². The number of furan rings is 2. The molecular weight excluding hydrogens is 747 g/mol. The number of hydrogen-bond donors (Lipinski definition) is 0. The molecule has 2 aromatic heterocycles. The third kappa shape index (κ3) is 6.19. The molecule has 0 bridgehead atoms. The molecule has 2 nitrogen and oxygen atoms in total. The normalized spacial score (nSPS) is 17.7.